The van der Waals surface area contributed by atoms with Crippen molar-refractivity contribution in [3.63, 3.8) is 0 Å². The summed E-state index contributed by atoms with van der Waals surface area (Å²) in [7, 11) is -2.78. The lowest BCUT2D eigenvalue weighted by atomic mass is 10.3. The Bertz CT molecular complexity index is 290. The summed E-state index contributed by atoms with van der Waals surface area (Å²) in [5, 5.41) is 0. The van der Waals surface area contributed by atoms with Gasteiger partial charge in [-0.1, -0.05) is 40.0 Å². The minimum absolute atomic E-state index is 0.483. The van der Waals surface area contributed by atoms with Gasteiger partial charge in [0.15, 0.2) is 6.29 Å². The van der Waals surface area contributed by atoms with Crippen LogP contribution in [0.5, 0.6) is 0 Å². The van der Waals surface area contributed by atoms with Gasteiger partial charge in [-0.3, -0.25) is 13.6 Å². The SMILES string of the molecule is CCCCOC(C)O[PH](=O)OC(C)(OCCCC)OCCCC. The summed E-state index contributed by atoms with van der Waals surface area (Å²) < 4.78 is 39.4. The number of hydrogen-bond donors (Lipinski definition) is 0. The van der Waals surface area contributed by atoms with Crippen LogP contribution in [0.1, 0.15) is 73.1 Å². The lowest BCUT2D eigenvalue weighted by molar-refractivity contribution is -0.334. The molecule has 0 amide bonds. The zero-order chi connectivity index (χ0) is 17.6. The van der Waals surface area contributed by atoms with Crippen molar-refractivity contribution in [3.05, 3.63) is 0 Å². The van der Waals surface area contributed by atoms with Crippen molar-refractivity contribution in [2.45, 2.75) is 85.4 Å². The van der Waals surface area contributed by atoms with E-state index in [0.717, 1.165) is 38.5 Å². The van der Waals surface area contributed by atoms with Crippen LogP contribution in [0.3, 0.4) is 0 Å². The van der Waals surface area contributed by atoms with Crippen LogP contribution in [0.4, 0.5) is 0 Å². The first-order valence-corrected chi connectivity index (χ1v) is 9.99. The molecule has 0 aromatic carbocycles. The minimum Gasteiger partial charge on any atom is -0.352 e. The molecule has 6 nitrogen and oxygen atoms in total. The van der Waals surface area contributed by atoms with Gasteiger partial charge in [0.05, 0.1) is 13.2 Å². The van der Waals surface area contributed by atoms with Crippen LogP contribution < -0.4 is 0 Å². The molecule has 0 bridgehead atoms. The highest BCUT2D eigenvalue weighted by molar-refractivity contribution is 7.33. The van der Waals surface area contributed by atoms with Crippen molar-refractivity contribution in [1.29, 1.82) is 0 Å². The van der Waals surface area contributed by atoms with Crippen molar-refractivity contribution < 1.29 is 27.8 Å². The average Bonchev–Trinajstić information content (AvgIpc) is 2.47. The Hall–Kier alpha value is 0.0300. The highest BCUT2D eigenvalue weighted by Crippen LogP contribution is 2.34. The number of ether oxygens (including phenoxy) is 3. The van der Waals surface area contributed by atoms with Crippen molar-refractivity contribution in [3.8, 4) is 0 Å². The lowest BCUT2D eigenvalue weighted by Crippen LogP contribution is -2.35. The normalized spacial score (nSPS) is 14.8. The molecule has 0 N–H and O–H groups in total. The largest absolute Gasteiger partial charge is 0.352 e. The van der Waals surface area contributed by atoms with Gasteiger partial charge < -0.3 is 14.2 Å². The number of hydrogen-bond acceptors (Lipinski definition) is 6. The first kappa shape index (κ1) is 23.0. The van der Waals surface area contributed by atoms with Gasteiger partial charge in [0.1, 0.15) is 0 Å². The molecular formula is C16H35O6P. The molecule has 2 atom stereocenters. The fraction of sp³-hybridized carbons (Fsp3) is 1.00. The molecule has 7 heteroatoms. The Balaban J connectivity index is 4.33. The van der Waals surface area contributed by atoms with E-state index in [1.165, 1.54) is 0 Å². The fourth-order valence-electron chi connectivity index (χ4n) is 1.64. The first-order chi connectivity index (χ1) is 11.0. The molecule has 0 aromatic rings. The molecule has 0 saturated carbocycles. The van der Waals surface area contributed by atoms with Crippen molar-refractivity contribution in [1.82, 2.24) is 0 Å². The smallest absolute Gasteiger partial charge is 0.325 e. The highest BCUT2D eigenvalue weighted by Gasteiger charge is 2.30. The maximum atomic E-state index is 12.1. The molecule has 23 heavy (non-hydrogen) atoms. The topological polar surface area (TPSA) is 63.2 Å². The van der Waals surface area contributed by atoms with Gasteiger partial charge in [0.25, 0.3) is 5.97 Å². The van der Waals surface area contributed by atoms with Gasteiger partial charge >= 0.3 is 8.25 Å². The molecule has 0 aliphatic rings. The van der Waals surface area contributed by atoms with Crippen LogP contribution in [-0.4, -0.2) is 32.1 Å². The van der Waals surface area contributed by atoms with E-state index >= 15 is 0 Å². The lowest BCUT2D eigenvalue weighted by Gasteiger charge is -2.29. The van der Waals surface area contributed by atoms with E-state index in [0.29, 0.717) is 19.8 Å². The van der Waals surface area contributed by atoms with Gasteiger partial charge in [-0.2, -0.15) is 0 Å². The standard InChI is InChI=1S/C16H35O6P/c1-6-9-12-18-15(4)21-23(17)22-16(5,19-13-10-7-2)20-14-11-8-3/h15,23H,6-14H2,1-5H3. The van der Waals surface area contributed by atoms with Crippen LogP contribution in [0.15, 0.2) is 0 Å². The number of rotatable bonds is 16. The van der Waals surface area contributed by atoms with Crippen molar-refractivity contribution in [2.24, 2.45) is 0 Å². The summed E-state index contributed by atoms with van der Waals surface area (Å²) in [4.78, 5) is 0. The zero-order valence-electron chi connectivity index (χ0n) is 15.4. The average molecular weight is 354 g/mol. The van der Waals surface area contributed by atoms with E-state index in [1.807, 2.05) is 0 Å². The van der Waals surface area contributed by atoms with Gasteiger partial charge in [0, 0.05) is 13.5 Å². The fourth-order valence-corrected chi connectivity index (χ4v) is 2.45. The maximum Gasteiger partial charge on any atom is 0.325 e. The molecule has 0 aliphatic carbocycles. The van der Waals surface area contributed by atoms with Crippen LogP contribution in [0, 0.1) is 0 Å². The molecule has 0 fully saturated rings. The Kier molecular flexibility index (Phi) is 14.4. The summed E-state index contributed by atoms with van der Waals surface area (Å²) in [6.45, 7) is 11.1. The molecule has 0 radical (unpaired) electrons. The second-order valence-electron chi connectivity index (χ2n) is 5.53. The van der Waals surface area contributed by atoms with Crippen LogP contribution in [-0.2, 0) is 27.8 Å². The third kappa shape index (κ3) is 13.0. The summed E-state index contributed by atoms with van der Waals surface area (Å²) in [6.07, 6.45) is 5.16. The summed E-state index contributed by atoms with van der Waals surface area (Å²) in [5.74, 6) is -1.34. The molecule has 2 unspecified atom stereocenters. The minimum atomic E-state index is -2.78. The Morgan fingerprint density at radius 3 is 1.87 bits per heavy atom. The van der Waals surface area contributed by atoms with E-state index in [-0.39, 0.29) is 0 Å². The molecule has 0 heterocycles. The molecule has 0 saturated heterocycles. The van der Waals surface area contributed by atoms with Crippen LogP contribution in [0.2, 0.25) is 0 Å². The van der Waals surface area contributed by atoms with E-state index in [2.05, 4.69) is 20.8 Å². The Morgan fingerprint density at radius 1 is 0.913 bits per heavy atom. The van der Waals surface area contributed by atoms with Gasteiger partial charge in [-0.15, -0.1) is 0 Å². The second-order valence-corrected chi connectivity index (χ2v) is 6.47. The predicted octanol–water partition coefficient (Wildman–Crippen LogP) is 4.88. The van der Waals surface area contributed by atoms with Gasteiger partial charge in [-0.05, 0) is 26.2 Å². The van der Waals surface area contributed by atoms with E-state index in [9.17, 15) is 4.57 Å². The quantitative estimate of drug-likeness (QED) is 0.224. The third-order valence-corrected chi connectivity index (χ3v) is 4.17. The predicted molar refractivity (Wildman–Crippen MR) is 91.6 cm³/mol. The first-order valence-electron chi connectivity index (χ1n) is 8.76. The van der Waals surface area contributed by atoms with Gasteiger partial charge in [-0.25, -0.2) is 0 Å². The Morgan fingerprint density at radius 2 is 1.39 bits per heavy atom. The summed E-state index contributed by atoms with van der Waals surface area (Å²) in [6, 6.07) is 0. The Labute approximate surface area is 142 Å². The van der Waals surface area contributed by atoms with E-state index in [1.54, 1.807) is 13.8 Å². The molecule has 0 rings (SSSR count). The third-order valence-electron chi connectivity index (χ3n) is 3.11. The van der Waals surface area contributed by atoms with E-state index < -0.39 is 20.5 Å². The zero-order valence-corrected chi connectivity index (χ0v) is 16.4. The van der Waals surface area contributed by atoms with Crippen LogP contribution in [0.25, 0.3) is 0 Å². The second kappa shape index (κ2) is 14.4. The molecular weight excluding hydrogens is 319 g/mol. The van der Waals surface area contributed by atoms with Crippen LogP contribution >= 0.6 is 8.25 Å². The molecule has 0 spiro atoms. The highest BCUT2D eigenvalue weighted by atomic mass is 31.1. The maximum absolute atomic E-state index is 12.1. The molecule has 0 aliphatic heterocycles. The van der Waals surface area contributed by atoms with Gasteiger partial charge in [0.2, 0.25) is 0 Å². The number of unbranched alkanes of at least 4 members (excludes halogenated alkanes) is 3. The molecule has 140 valence electrons. The monoisotopic (exact) mass is 354 g/mol. The van der Waals surface area contributed by atoms with Crippen molar-refractivity contribution >= 4 is 8.25 Å². The molecule has 0 aromatic heterocycles. The van der Waals surface area contributed by atoms with E-state index in [4.69, 9.17) is 23.3 Å². The van der Waals surface area contributed by atoms with Crippen molar-refractivity contribution in [2.75, 3.05) is 19.8 Å². The summed E-state index contributed by atoms with van der Waals surface area (Å²) >= 11 is 0. The summed E-state index contributed by atoms with van der Waals surface area (Å²) in [5.41, 5.74) is 0.